The zero-order valence-electron chi connectivity index (χ0n) is 11.3. The van der Waals surface area contributed by atoms with Gasteiger partial charge in [0, 0.05) is 25.1 Å². The van der Waals surface area contributed by atoms with Crippen LogP contribution in [-0.4, -0.2) is 28.8 Å². The Labute approximate surface area is 115 Å². The number of hydrogen-bond donors (Lipinski definition) is 1. The highest BCUT2D eigenvalue weighted by molar-refractivity contribution is 5.90. The fourth-order valence-electron chi connectivity index (χ4n) is 2.34. The molecule has 20 heavy (non-hydrogen) atoms. The van der Waals surface area contributed by atoms with Gasteiger partial charge < -0.3 is 10.2 Å². The van der Waals surface area contributed by atoms with E-state index in [0.29, 0.717) is 5.56 Å². The molecule has 0 aliphatic carbocycles. The van der Waals surface area contributed by atoms with Crippen molar-refractivity contribution in [2.24, 2.45) is 0 Å². The van der Waals surface area contributed by atoms with E-state index in [1.54, 1.807) is 13.8 Å². The van der Waals surface area contributed by atoms with Gasteiger partial charge in [0.15, 0.2) is 0 Å². The molecule has 1 N–H and O–H groups in total. The molecule has 2 atom stereocenters. The fraction of sp³-hybridized carbons (Fsp3) is 0.429. The van der Waals surface area contributed by atoms with E-state index in [1.807, 2.05) is 0 Å². The third-order valence-electron chi connectivity index (χ3n) is 3.32. The van der Waals surface area contributed by atoms with Gasteiger partial charge in [0.05, 0.1) is 0 Å². The lowest BCUT2D eigenvalue weighted by Crippen LogP contribution is -2.44. The van der Waals surface area contributed by atoms with E-state index in [-0.39, 0.29) is 30.8 Å². The molecule has 2 unspecified atom stereocenters. The van der Waals surface area contributed by atoms with Crippen LogP contribution in [0.5, 0.6) is 0 Å². The number of halogens is 2. The van der Waals surface area contributed by atoms with E-state index in [0.717, 1.165) is 6.07 Å². The molecule has 1 aromatic carbocycles. The maximum atomic E-state index is 13.2. The highest BCUT2D eigenvalue weighted by Gasteiger charge is 2.31. The first-order valence-corrected chi connectivity index (χ1v) is 6.41. The van der Waals surface area contributed by atoms with E-state index >= 15 is 0 Å². The molecule has 0 bridgehead atoms. The molecule has 1 fully saturated rings. The lowest BCUT2D eigenvalue weighted by Gasteiger charge is -2.28. The zero-order valence-corrected chi connectivity index (χ0v) is 11.3. The molecule has 0 saturated carbocycles. The number of nitrogens with zero attached hydrogens (tertiary/aromatic N) is 1. The molecule has 108 valence electrons. The van der Waals surface area contributed by atoms with Crippen LogP contribution in [0.15, 0.2) is 18.2 Å². The highest BCUT2D eigenvalue weighted by atomic mass is 19.1. The normalized spacial score (nSPS) is 23.5. The quantitative estimate of drug-likeness (QED) is 0.895. The second kappa shape index (κ2) is 5.56. The number of benzene rings is 1. The van der Waals surface area contributed by atoms with Crippen molar-refractivity contribution in [3.8, 4) is 0 Å². The minimum Gasteiger partial charge on any atom is -0.345 e. The monoisotopic (exact) mass is 282 g/mol. The van der Waals surface area contributed by atoms with Crippen molar-refractivity contribution in [1.29, 1.82) is 0 Å². The van der Waals surface area contributed by atoms with Crippen molar-refractivity contribution in [3.63, 3.8) is 0 Å². The molecular weight excluding hydrogens is 266 g/mol. The summed E-state index contributed by atoms with van der Waals surface area (Å²) >= 11 is 0. The zero-order chi connectivity index (χ0) is 14.9. The summed E-state index contributed by atoms with van der Waals surface area (Å²) in [5, 5.41) is 2.58. The van der Waals surface area contributed by atoms with Crippen molar-refractivity contribution in [2.45, 2.75) is 38.9 Å². The van der Waals surface area contributed by atoms with Crippen molar-refractivity contribution in [1.82, 2.24) is 10.2 Å². The Hall–Kier alpha value is -1.98. The van der Waals surface area contributed by atoms with Crippen LogP contribution >= 0.6 is 0 Å². The van der Waals surface area contributed by atoms with Gasteiger partial charge in [-0.05, 0) is 31.5 Å². The van der Waals surface area contributed by atoms with Crippen LogP contribution in [-0.2, 0) is 16.1 Å². The molecule has 0 radical (unpaired) electrons. The van der Waals surface area contributed by atoms with Gasteiger partial charge in [0.1, 0.15) is 17.7 Å². The Morgan fingerprint density at radius 3 is 2.40 bits per heavy atom. The summed E-state index contributed by atoms with van der Waals surface area (Å²) < 4.78 is 26.4. The first kappa shape index (κ1) is 14.4. The summed E-state index contributed by atoms with van der Waals surface area (Å²) in [5.74, 6) is -1.83. The third-order valence-corrected chi connectivity index (χ3v) is 3.32. The predicted octanol–water partition coefficient (Wildman–Crippen LogP) is 1.59. The topological polar surface area (TPSA) is 49.4 Å². The van der Waals surface area contributed by atoms with E-state index in [1.165, 1.54) is 17.0 Å². The average molecular weight is 282 g/mol. The summed E-state index contributed by atoms with van der Waals surface area (Å²) in [4.78, 5) is 25.2. The largest absolute Gasteiger partial charge is 0.345 e. The number of amides is 2. The van der Waals surface area contributed by atoms with Crippen LogP contribution in [0, 0.1) is 11.6 Å². The first-order chi connectivity index (χ1) is 9.36. The molecular formula is C14H16F2N2O2. The second-order valence-corrected chi connectivity index (χ2v) is 5.09. The average Bonchev–Trinajstić information content (AvgIpc) is 2.40. The Balaban J connectivity index is 2.25. The van der Waals surface area contributed by atoms with Gasteiger partial charge in [0.25, 0.3) is 0 Å². The predicted molar refractivity (Wildman–Crippen MR) is 68.6 cm³/mol. The third kappa shape index (κ3) is 3.12. The second-order valence-electron chi connectivity index (χ2n) is 5.09. The lowest BCUT2D eigenvalue weighted by atomic mass is 10.1. The van der Waals surface area contributed by atoms with Gasteiger partial charge in [0.2, 0.25) is 11.8 Å². The standard InChI is InChI=1S/C14H16F2N2O2/c1-8-3-13(19)17-9(2)14(20)18(8)7-10-4-11(15)6-12(16)5-10/h4-6,8-9H,3,7H2,1-2H3,(H,17,19). The number of rotatable bonds is 2. The summed E-state index contributed by atoms with van der Waals surface area (Å²) in [6.45, 7) is 3.41. The number of hydrogen-bond acceptors (Lipinski definition) is 2. The van der Waals surface area contributed by atoms with E-state index in [2.05, 4.69) is 5.32 Å². The van der Waals surface area contributed by atoms with Gasteiger partial charge >= 0.3 is 0 Å². The minimum absolute atomic E-state index is 0.0774. The number of nitrogens with one attached hydrogen (secondary N) is 1. The van der Waals surface area contributed by atoms with Crippen molar-refractivity contribution in [3.05, 3.63) is 35.4 Å². The van der Waals surface area contributed by atoms with Gasteiger partial charge in [-0.1, -0.05) is 0 Å². The molecule has 2 amide bonds. The van der Waals surface area contributed by atoms with Crippen LogP contribution < -0.4 is 5.32 Å². The van der Waals surface area contributed by atoms with Crippen LogP contribution in [0.25, 0.3) is 0 Å². The molecule has 1 aromatic rings. The molecule has 1 aliphatic rings. The molecule has 0 spiro atoms. The van der Waals surface area contributed by atoms with Gasteiger partial charge in [-0.3, -0.25) is 9.59 Å². The van der Waals surface area contributed by atoms with Crippen molar-refractivity contribution < 1.29 is 18.4 Å². The summed E-state index contributed by atoms with van der Waals surface area (Å²) in [6.07, 6.45) is 0.174. The molecule has 1 aliphatic heterocycles. The van der Waals surface area contributed by atoms with E-state index in [4.69, 9.17) is 0 Å². The van der Waals surface area contributed by atoms with Crippen LogP contribution in [0.1, 0.15) is 25.8 Å². The molecule has 2 rings (SSSR count). The maximum absolute atomic E-state index is 13.2. The summed E-state index contributed by atoms with van der Waals surface area (Å²) in [7, 11) is 0. The maximum Gasteiger partial charge on any atom is 0.245 e. The van der Waals surface area contributed by atoms with Gasteiger partial charge in [-0.25, -0.2) is 8.78 Å². The number of carbonyl (C=O) groups excluding carboxylic acids is 2. The van der Waals surface area contributed by atoms with Crippen LogP contribution in [0.4, 0.5) is 8.78 Å². The van der Waals surface area contributed by atoms with Crippen molar-refractivity contribution >= 4 is 11.8 Å². The van der Waals surface area contributed by atoms with Crippen molar-refractivity contribution in [2.75, 3.05) is 0 Å². The van der Waals surface area contributed by atoms with E-state index < -0.39 is 17.7 Å². The molecule has 4 nitrogen and oxygen atoms in total. The minimum atomic E-state index is -0.683. The molecule has 1 saturated heterocycles. The fourth-order valence-corrected chi connectivity index (χ4v) is 2.34. The Kier molecular flexibility index (Phi) is 4.01. The number of carbonyl (C=O) groups is 2. The smallest absolute Gasteiger partial charge is 0.245 e. The Morgan fingerprint density at radius 1 is 1.20 bits per heavy atom. The van der Waals surface area contributed by atoms with E-state index in [9.17, 15) is 18.4 Å². The molecule has 6 heteroatoms. The molecule has 0 aromatic heterocycles. The summed E-state index contributed by atoms with van der Waals surface area (Å²) in [5.41, 5.74) is 0.365. The highest BCUT2D eigenvalue weighted by Crippen LogP contribution is 2.17. The van der Waals surface area contributed by atoms with Gasteiger partial charge in [-0.15, -0.1) is 0 Å². The molecule has 1 heterocycles. The Bertz CT molecular complexity index is 528. The van der Waals surface area contributed by atoms with Gasteiger partial charge in [-0.2, -0.15) is 0 Å². The first-order valence-electron chi connectivity index (χ1n) is 6.41. The lowest BCUT2D eigenvalue weighted by molar-refractivity contribution is -0.135. The SMILES string of the molecule is CC1NC(=O)CC(C)N(Cc2cc(F)cc(F)c2)C1=O. The Morgan fingerprint density at radius 2 is 1.80 bits per heavy atom. The van der Waals surface area contributed by atoms with Crippen LogP contribution in [0.3, 0.4) is 0 Å². The summed E-state index contributed by atoms with van der Waals surface area (Å²) in [6, 6.07) is 2.21. The van der Waals surface area contributed by atoms with Crippen LogP contribution in [0.2, 0.25) is 0 Å².